The zero-order chi connectivity index (χ0) is 24.8. The second kappa shape index (κ2) is 9.21. The highest BCUT2D eigenvalue weighted by Crippen LogP contribution is 2.43. The molecule has 1 aromatic heterocycles. The van der Waals surface area contributed by atoms with E-state index in [0.717, 1.165) is 11.4 Å². The second-order valence-electron chi connectivity index (χ2n) is 8.97. The van der Waals surface area contributed by atoms with Crippen molar-refractivity contribution >= 4 is 52.2 Å². The number of aromatic nitrogens is 1. The third-order valence-corrected chi connectivity index (χ3v) is 6.02. The predicted octanol–water partition coefficient (Wildman–Crippen LogP) is 6.40. The third kappa shape index (κ3) is 4.28. The van der Waals surface area contributed by atoms with Gasteiger partial charge in [-0.2, -0.15) is 0 Å². The minimum absolute atomic E-state index is 0.0784. The van der Waals surface area contributed by atoms with Gasteiger partial charge in [0, 0.05) is 28.9 Å². The van der Waals surface area contributed by atoms with E-state index in [1.807, 2.05) is 42.7 Å². The number of Topliss-reactive ketones (excluding diaryl/α,β-unsaturated/α-hetero) is 1. The molecular formula is C26H22Cl3NO4. The van der Waals surface area contributed by atoms with Crippen molar-refractivity contribution in [2.45, 2.75) is 31.0 Å². The number of methoxy groups -OCH3 is 1. The number of hydrogen-bond acceptors (Lipinski definition) is 4. The van der Waals surface area contributed by atoms with Crippen LogP contribution in [-0.2, 0) is 6.42 Å². The lowest BCUT2D eigenvalue weighted by molar-refractivity contribution is 0.0902. The molecule has 0 bridgehead atoms. The van der Waals surface area contributed by atoms with E-state index in [1.165, 1.54) is 0 Å². The smallest absolute Gasteiger partial charge is 0.211 e. The SMILES string of the molecule is COc1ccc(-n2c3c(c4c2C(=O)c2ccccc2C4=O)C(=O)CC(C)(C)C3)cc1.ClC(Cl)Cl. The fourth-order valence-corrected chi connectivity index (χ4v) is 4.72. The number of ketones is 3. The summed E-state index contributed by atoms with van der Waals surface area (Å²) in [6.45, 7) is 4.08. The molecule has 176 valence electrons. The summed E-state index contributed by atoms with van der Waals surface area (Å²) in [4.78, 5) is 40.2. The van der Waals surface area contributed by atoms with Gasteiger partial charge in [0.2, 0.25) is 5.78 Å². The Morgan fingerprint density at radius 2 is 1.41 bits per heavy atom. The summed E-state index contributed by atoms with van der Waals surface area (Å²) in [7, 11) is 1.59. The van der Waals surface area contributed by atoms with Crippen LogP contribution in [0.25, 0.3) is 5.69 Å². The molecule has 0 saturated carbocycles. The van der Waals surface area contributed by atoms with Gasteiger partial charge >= 0.3 is 0 Å². The van der Waals surface area contributed by atoms with Crippen molar-refractivity contribution in [3.8, 4) is 11.4 Å². The summed E-state index contributed by atoms with van der Waals surface area (Å²) in [6.07, 6.45) is 0.951. The first kappa shape index (κ1) is 24.5. The van der Waals surface area contributed by atoms with Gasteiger partial charge in [-0.1, -0.05) is 72.9 Å². The van der Waals surface area contributed by atoms with Crippen LogP contribution < -0.4 is 4.74 Å². The third-order valence-electron chi connectivity index (χ3n) is 6.02. The normalized spacial score (nSPS) is 15.8. The average molecular weight is 519 g/mol. The second-order valence-corrected chi connectivity index (χ2v) is 11.0. The van der Waals surface area contributed by atoms with Crippen LogP contribution in [0.15, 0.2) is 48.5 Å². The lowest BCUT2D eigenvalue weighted by Gasteiger charge is -2.30. The highest BCUT2D eigenvalue weighted by Gasteiger charge is 2.44. The molecular weight excluding hydrogens is 497 g/mol. The van der Waals surface area contributed by atoms with Crippen LogP contribution in [0.2, 0.25) is 0 Å². The molecule has 0 spiro atoms. The van der Waals surface area contributed by atoms with Crippen molar-refractivity contribution in [3.63, 3.8) is 0 Å². The topological polar surface area (TPSA) is 65.4 Å². The minimum Gasteiger partial charge on any atom is -0.497 e. The number of nitrogens with zero attached hydrogens (tertiary/aromatic N) is 1. The number of hydrogen-bond donors (Lipinski definition) is 0. The van der Waals surface area contributed by atoms with Gasteiger partial charge < -0.3 is 9.30 Å². The maximum atomic E-state index is 13.5. The van der Waals surface area contributed by atoms with Crippen LogP contribution in [0, 0.1) is 5.41 Å². The van der Waals surface area contributed by atoms with Gasteiger partial charge in [-0.3, -0.25) is 14.4 Å². The lowest BCUT2D eigenvalue weighted by atomic mass is 9.74. The maximum absolute atomic E-state index is 13.5. The summed E-state index contributed by atoms with van der Waals surface area (Å²) in [5, 5.41) is 0. The largest absolute Gasteiger partial charge is 0.497 e. The monoisotopic (exact) mass is 517 g/mol. The number of halogens is 3. The Labute approximate surface area is 212 Å². The zero-order valence-corrected chi connectivity index (χ0v) is 21.1. The lowest BCUT2D eigenvalue weighted by Crippen LogP contribution is -2.28. The number of alkyl halides is 3. The van der Waals surface area contributed by atoms with Crippen LogP contribution >= 0.6 is 34.8 Å². The standard InChI is InChI=1S/C25H21NO4.CHCl3/c1-25(2)12-18-20(19(27)13-25)21-22(26(18)14-8-10-15(30-3)11-9-14)24(29)17-7-5-4-6-16(17)23(21)28;2-1(3)4/h4-11H,12-13H2,1-3H3;1H. The number of ether oxygens (including phenoxy) is 1. The Morgan fingerprint density at radius 1 is 0.853 bits per heavy atom. The van der Waals surface area contributed by atoms with Gasteiger partial charge in [0.25, 0.3) is 0 Å². The molecule has 0 fully saturated rings. The van der Waals surface area contributed by atoms with E-state index < -0.39 is 4.30 Å². The molecule has 0 radical (unpaired) electrons. The number of rotatable bonds is 2. The van der Waals surface area contributed by atoms with Crippen LogP contribution in [0.4, 0.5) is 0 Å². The number of carbonyl (C=O) groups excluding carboxylic acids is 3. The number of fused-ring (bicyclic) bond motifs is 4. The number of carbonyl (C=O) groups is 3. The van der Waals surface area contributed by atoms with Crippen LogP contribution in [0.1, 0.15) is 68.3 Å². The summed E-state index contributed by atoms with van der Waals surface area (Å²) in [5.74, 6) is 0.135. The molecule has 34 heavy (non-hydrogen) atoms. The van der Waals surface area contributed by atoms with Crippen molar-refractivity contribution in [3.05, 3.63) is 82.2 Å². The van der Waals surface area contributed by atoms with Gasteiger partial charge in [-0.25, -0.2) is 0 Å². The van der Waals surface area contributed by atoms with Crippen LogP contribution in [-0.4, -0.2) is 33.3 Å². The molecule has 0 amide bonds. The van der Waals surface area contributed by atoms with Crippen molar-refractivity contribution in [2.75, 3.05) is 7.11 Å². The highest BCUT2D eigenvalue weighted by molar-refractivity contribution is 6.63. The molecule has 8 heteroatoms. The molecule has 2 aliphatic rings. The molecule has 5 rings (SSSR count). The summed E-state index contributed by atoms with van der Waals surface area (Å²) in [6, 6.07) is 14.2. The van der Waals surface area contributed by atoms with E-state index in [2.05, 4.69) is 0 Å². The molecule has 0 aliphatic heterocycles. The van der Waals surface area contributed by atoms with Crippen molar-refractivity contribution in [1.29, 1.82) is 0 Å². The molecule has 0 N–H and O–H groups in total. The van der Waals surface area contributed by atoms with E-state index in [0.29, 0.717) is 41.0 Å². The van der Waals surface area contributed by atoms with Gasteiger partial charge in [-0.15, -0.1) is 0 Å². The van der Waals surface area contributed by atoms with Crippen LogP contribution in [0.5, 0.6) is 5.75 Å². The van der Waals surface area contributed by atoms with Crippen molar-refractivity contribution in [1.82, 2.24) is 4.57 Å². The molecule has 0 atom stereocenters. The van der Waals surface area contributed by atoms with Crippen molar-refractivity contribution < 1.29 is 19.1 Å². The first-order valence-corrected chi connectivity index (χ1v) is 11.9. The molecule has 1 heterocycles. The molecule has 0 unspecified atom stereocenters. The predicted molar refractivity (Wildman–Crippen MR) is 133 cm³/mol. The molecule has 3 aromatic rings. The van der Waals surface area contributed by atoms with Crippen molar-refractivity contribution in [2.24, 2.45) is 5.41 Å². The average Bonchev–Trinajstić information content (AvgIpc) is 3.11. The van der Waals surface area contributed by atoms with Gasteiger partial charge in [0.1, 0.15) is 11.4 Å². The Bertz CT molecular complexity index is 1300. The number of benzene rings is 2. The van der Waals surface area contributed by atoms with Crippen LogP contribution in [0.3, 0.4) is 0 Å². The van der Waals surface area contributed by atoms with E-state index in [4.69, 9.17) is 39.5 Å². The first-order chi connectivity index (χ1) is 16.1. The maximum Gasteiger partial charge on any atom is 0.211 e. The molecule has 2 aromatic carbocycles. The van der Waals surface area contributed by atoms with Gasteiger partial charge in [0.05, 0.1) is 18.2 Å². The van der Waals surface area contributed by atoms with E-state index >= 15 is 0 Å². The fraction of sp³-hybridized carbons (Fsp3) is 0.269. The summed E-state index contributed by atoms with van der Waals surface area (Å²) < 4.78 is 6.33. The van der Waals surface area contributed by atoms with E-state index in [-0.39, 0.29) is 28.3 Å². The quantitative estimate of drug-likeness (QED) is 0.288. The Morgan fingerprint density at radius 3 is 1.97 bits per heavy atom. The summed E-state index contributed by atoms with van der Waals surface area (Å²) >= 11 is 14.4. The Balaban J connectivity index is 0.000000636. The molecule has 0 saturated heterocycles. The Kier molecular flexibility index (Phi) is 6.65. The van der Waals surface area contributed by atoms with Gasteiger partial charge in [-0.05, 0) is 36.1 Å². The minimum atomic E-state index is -0.750. The first-order valence-electron chi connectivity index (χ1n) is 10.6. The zero-order valence-electron chi connectivity index (χ0n) is 18.8. The molecule has 2 aliphatic carbocycles. The Hall–Kier alpha value is -2.60. The van der Waals surface area contributed by atoms with Gasteiger partial charge in [0.15, 0.2) is 15.9 Å². The van der Waals surface area contributed by atoms with E-state index in [9.17, 15) is 14.4 Å². The summed E-state index contributed by atoms with van der Waals surface area (Å²) in [5.41, 5.74) is 2.92. The molecule has 5 nitrogen and oxygen atoms in total. The van der Waals surface area contributed by atoms with E-state index in [1.54, 1.807) is 31.4 Å². The highest BCUT2D eigenvalue weighted by atomic mass is 35.6. The fourth-order valence-electron chi connectivity index (χ4n) is 4.72.